The number of hydrogen-bond acceptors (Lipinski definition) is 5. The summed E-state index contributed by atoms with van der Waals surface area (Å²) in [5, 5.41) is 4.04. The number of nitrogens with one attached hydrogen (secondary N) is 1. The lowest BCUT2D eigenvalue weighted by atomic mass is 10.0. The van der Waals surface area contributed by atoms with Gasteiger partial charge in [-0.1, -0.05) is 11.2 Å². The van der Waals surface area contributed by atoms with Crippen molar-refractivity contribution < 1.29 is 9.26 Å². The van der Waals surface area contributed by atoms with Gasteiger partial charge in [-0.3, -0.25) is 9.55 Å². The summed E-state index contributed by atoms with van der Waals surface area (Å²) in [6, 6.07) is 7.43. The van der Waals surface area contributed by atoms with Gasteiger partial charge in [0.25, 0.3) is 0 Å². The third-order valence-electron chi connectivity index (χ3n) is 4.90. The number of aromatic nitrogens is 4. The number of nitrogens with zero attached hydrogens (tertiary/aromatic N) is 3. The summed E-state index contributed by atoms with van der Waals surface area (Å²) in [5.41, 5.74) is 4.86. The maximum atomic E-state index is 12.7. The van der Waals surface area contributed by atoms with Crippen molar-refractivity contribution in [3.8, 4) is 16.9 Å². The molecule has 0 aliphatic carbocycles. The largest absolute Gasteiger partial charge is 0.488 e. The average Bonchev–Trinajstić information content (AvgIpc) is 3.17. The minimum atomic E-state index is -0.225. The Kier molecular flexibility index (Phi) is 3.06. The van der Waals surface area contributed by atoms with Crippen molar-refractivity contribution in [1.82, 2.24) is 19.7 Å². The predicted molar refractivity (Wildman–Crippen MR) is 95.4 cm³/mol. The number of aryl methyl sites for hydroxylation is 2. The molecule has 1 N–H and O–H groups in total. The molecule has 1 unspecified atom stereocenters. The molecule has 0 radical (unpaired) electrons. The van der Waals surface area contributed by atoms with Gasteiger partial charge in [-0.05, 0) is 37.6 Å². The predicted octanol–water partition coefficient (Wildman–Crippen LogP) is 2.98. The zero-order chi connectivity index (χ0) is 17.8. The van der Waals surface area contributed by atoms with Gasteiger partial charge in [-0.25, -0.2) is 4.79 Å². The van der Waals surface area contributed by atoms with Crippen molar-refractivity contribution in [2.75, 3.05) is 6.61 Å². The zero-order valence-corrected chi connectivity index (χ0v) is 14.3. The van der Waals surface area contributed by atoms with Gasteiger partial charge in [-0.15, -0.1) is 0 Å². The fraction of sp³-hybridized carbons (Fsp3) is 0.211. The van der Waals surface area contributed by atoms with Crippen LogP contribution in [0.2, 0.25) is 0 Å². The van der Waals surface area contributed by atoms with Crippen LogP contribution in [0.5, 0.6) is 5.75 Å². The van der Waals surface area contributed by atoms with Crippen molar-refractivity contribution in [2.45, 2.75) is 19.9 Å². The summed E-state index contributed by atoms with van der Waals surface area (Å²) in [7, 11) is 0. The number of benzene rings is 1. The number of imidazole rings is 1. The summed E-state index contributed by atoms with van der Waals surface area (Å²) in [4.78, 5) is 19.8. The smallest absolute Gasteiger partial charge is 0.327 e. The Balaban J connectivity index is 1.81. The number of ether oxygens (including phenoxy) is 1. The monoisotopic (exact) mass is 348 g/mol. The Hall–Kier alpha value is -3.35. The van der Waals surface area contributed by atoms with Gasteiger partial charge in [-0.2, -0.15) is 0 Å². The molecule has 0 saturated heterocycles. The fourth-order valence-corrected chi connectivity index (χ4v) is 3.75. The first-order chi connectivity index (χ1) is 12.6. The van der Waals surface area contributed by atoms with E-state index in [4.69, 9.17) is 9.26 Å². The van der Waals surface area contributed by atoms with Crippen LogP contribution < -0.4 is 10.4 Å². The van der Waals surface area contributed by atoms with Gasteiger partial charge in [0.2, 0.25) is 0 Å². The van der Waals surface area contributed by atoms with Crippen LogP contribution in [0.4, 0.5) is 0 Å². The number of hydrogen-bond donors (Lipinski definition) is 1. The van der Waals surface area contributed by atoms with Crippen molar-refractivity contribution in [1.29, 1.82) is 0 Å². The Morgan fingerprint density at radius 3 is 2.88 bits per heavy atom. The maximum Gasteiger partial charge on any atom is 0.327 e. The highest BCUT2D eigenvalue weighted by molar-refractivity contribution is 5.92. The molecule has 1 aromatic carbocycles. The molecule has 4 heterocycles. The van der Waals surface area contributed by atoms with Crippen LogP contribution >= 0.6 is 0 Å². The van der Waals surface area contributed by atoms with E-state index in [9.17, 15) is 4.79 Å². The van der Waals surface area contributed by atoms with E-state index in [1.54, 1.807) is 17.0 Å². The number of H-pyrrole nitrogens is 1. The Morgan fingerprint density at radius 1 is 1.27 bits per heavy atom. The molecule has 26 heavy (non-hydrogen) atoms. The van der Waals surface area contributed by atoms with Crippen molar-refractivity contribution >= 4 is 11.0 Å². The molecule has 0 amide bonds. The zero-order valence-electron chi connectivity index (χ0n) is 14.3. The van der Waals surface area contributed by atoms with E-state index in [1.165, 1.54) is 0 Å². The topological polar surface area (TPSA) is 85.9 Å². The standard InChI is InChI=1S/C19H16N4O3/c1-10-16(11(2)26-22-10)13-5-6-14-17-18(13)25-9-15(23(17)19(24)21-14)12-4-3-7-20-8-12/h3-8,15H,9H2,1-2H3,(H,21,24). The molecule has 3 aromatic heterocycles. The molecule has 1 atom stereocenters. The van der Waals surface area contributed by atoms with Crippen molar-refractivity contribution in [3.05, 3.63) is 64.2 Å². The second kappa shape index (κ2) is 5.32. The molecule has 0 fully saturated rings. The van der Waals surface area contributed by atoms with Gasteiger partial charge in [0, 0.05) is 18.0 Å². The van der Waals surface area contributed by atoms with E-state index in [0.29, 0.717) is 12.4 Å². The quantitative estimate of drug-likeness (QED) is 0.602. The van der Waals surface area contributed by atoms with Crippen LogP contribution in [0, 0.1) is 13.8 Å². The third kappa shape index (κ3) is 1.97. The van der Waals surface area contributed by atoms with E-state index in [2.05, 4.69) is 15.1 Å². The minimum Gasteiger partial charge on any atom is -0.488 e. The molecule has 0 bridgehead atoms. The maximum absolute atomic E-state index is 12.7. The fourth-order valence-electron chi connectivity index (χ4n) is 3.75. The van der Waals surface area contributed by atoms with Crippen LogP contribution in [0.3, 0.4) is 0 Å². The van der Waals surface area contributed by atoms with Crippen LogP contribution in [0.1, 0.15) is 23.1 Å². The molecule has 4 aromatic rings. The average molecular weight is 348 g/mol. The summed E-state index contributed by atoms with van der Waals surface area (Å²) in [6.07, 6.45) is 3.48. The van der Waals surface area contributed by atoms with E-state index in [-0.39, 0.29) is 11.7 Å². The molecule has 7 heteroatoms. The lowest BCUT2D eigenvalue weighted by Crippen LogP contribution is -2.30. The summed E-state index contributed by atoms with van der Waals surface area (Å²) < 4.78 is 13.2. The number of pyridine rings is 1. The molecule has 130 valence electrons. The van der Waals surface area contributed by atoms with E-state index >= 15 is 0 Å². The lowest BCUT2D eigenvalue weighted by molar-refractivity contribution is 0.257. The Morgan fingerprint density at radius 2 is 2.15 bits per heavy atom. The molecule has 1 aliphatic rings. The van der Waals surface area contributed by atoms with Crippen LogP contribution in [-0.2, 0) is 0 Å². The van der Waals surface area contributed by atoms with Crippen molar-refractivity contribution in [2.24, 2.45) is 0 Å². The molecular formula is C19H16N4O3. The molecule has 7 nitrogen and oxygen atoms in total. The van der Waals surface area contributed by atoms with E-state index in [1.807, 2.05) is 38.1 Å². The van der Waals surface area contributed by atoms with Crippen LogP contribution in [0.25, 0.3) is 22.2 Å². The van der Waals surface area contributed by atoms with Gasteiger partial charge >= 0.3 is 5.69 Å². The highest BCUT2D eigenvalue weighted by Gasteiger charge is 2.30. The Bertz CT molecular complexity index is 1170. The summed E-state index contributed by atoms with van der Waals surface area (Å²) in [5.74, 6) is 1.40. The van der Waals surface area contributed by atoms with E-state index in [0.717, 1.165) is 39.2 Å². The van der Waals surface area contributed by atoms with Crippen LogP contribution in [-0.4, -0.2) is 26.3 Å². The van der Waals surface area contributed by atoms with Gasteiger partial charge < -0.3 is 14.2 Å². The second-order valence-corrected chi connectivity index (χ2v) is 6.45. The first-order valence-electron chi connectivity index (χ1n) is 8.38. The molecule has 0 spiro atoms. The highest BCUT2D eigenvalue weighted by Crippen LogP contribution is 2.42. The Labute approximate surface area is 148 Å². The van der Waals surface area contributed by atoms with Gasteiger partial charge in [0.1, 0.15) is 17.9 Å². The molecular weight excluding hydrogens is 332 g/mol. The summed E-state index contributed by atoms with van der Waals surface area (Å²) >= 11 is 0. The molecule has 1 aliphatic heterocycles. The van der Waals surface area contributed by atoms with E-state index < -0.39 is 0 Å². The highest BCUT2D eigenvalue weighted by atomic mass is 16.5. The number of aromatic amines is 1. The van der Waals surface area contributed by atoms with Crippen LogP contribution in [0.15, 0.2) is 46.0 Å². The molecule has 5 rings (SSSR count). The van der Waals surface area contributed by atoms with Gasteiger partial charge in [0.05, 0.1) is 22.8 Å². The van der Waals surface area contributed by atoms with Crippen molar-refractivity contribution in [3.63, 3.8) is 0 Å². The first kappa shape index (κ1) is 14.9. The summed E-state index contributed by atoms with van der Waals surface area (Å²) in [6.45, 7) is 4.12. The SMILES string of the molecule is Cc1noc(C)c1-c1ccc2[nH]c(=O)n3c2c1OCC3c1cccnc1. The normalized spacial score (nSPS) is 16.0. The third-order valence-corrected chi connectivity index (χ3v) is 4.90. The minimum absolute atomic E-state index is 0.158. The second-order valence-electron chi connectivity index (χ2n) is 6.45. The molecule has 0 saturated carbocycles. The van der Waals surface area contributed by atoms with Gasteiger partial charge in [0.15, 0.2) is 5.75 Å². The first-order valence-corrected chi connectivity index (χ1v) is 8.38. The number of rotatable bonds is 2. The lowest BCUT2D eigenvalue weighted by Gasteiger charge is -2.26.